The number of carboxylic acids is 1. The fourth-order valence-corrected chi connectivity index (χ4v) is 2.61. The van der Waals surface area contributed by atoms with Crippen LogP contribution in [-0.4, -0.2) is 43.0 Å². The molecule has 0 radical (unpaired) electrons. The first-order chi connectivity index (χ1) is 9.67. The third-order valence-corrected chi connectivity index (χ3v) is 3.66. The lowest BCUT2D eigenvalue weighted by molar-refractivity contribution is -0.147. The number of carbonyl (C=O) groups is 1. The highest BCUT2D eigenvalue weighted by Gasteiger charge is 2.43. The van der Waals surface area contributed by atoms with Crippen LogP contribution in [0.4, 0.5) is 0 Å². The molecule has 4 unspecified atom stereocenters. The molecule has 5 nitrogen and oxygen atoms in total. The van der Waals surface area contributed by atoms with Crippen LogP contribution in [0.2, 0.25) is 0 Å². The van der Waals surface area contributed by atoms with Gasteiger partial charge in [-0.2, -0.15) is 0 Å². The molecule has 0 saturated heterocycles. The van der Waals surface area contributed by atoms with Gasteiger partial charge in [-0.05, 0) is 18.9 Å². The maximum atomic E-state index is 11.4. The summed E-state index contributed by atoms with van der Waals surface area (Å²) in [4.78, 5) is 11.4. The molecule has 0 spiro atoms. The molecule has 1 aliphatic rings. The smallest absolute Gasteiger partial charge is 0.325 e. The average Bonchev–Trinajstić information content (AvgIpc) is 2.43. The summed E-state index contributed by atoms with van der Waals surface area (Å²) in [5, 5.41) is 12.5. The Morgan fingerprint density at radius 1 is 1.45 bits per heavy atom. The molecule has 110 valence electrons. The van der Waals surface area contributed by atoms with Crippen molar-refractivity contribution >= 4 is 5.97 Å². The summed E-state index contributed by atoms with van der Waals surface area (Å²) < 4.78 is 10.9. The second-order valence-electron chi connectivity index (χ2n) is 4.88. The van der Waals surface area contributed by atoms with Crippen molar-refractivity contribution in [3.63, 3.8) is 0 Å². The Hall–Kier alpha value is -1.43. The van der Waals surface area contributed by atoms with Gasteiger partial charge in [0.2, 0.25) is 0 Å². The van der Waals surface area contributed by atoms with Crippen LogP contribution in [0.25, 0.3) is 0 Å². The molecule has 2 rings (SSSR count). The predicted octanol–water partition coefficient (Wildman–Crippen LogP) is 1.59. The standard InChI is InChI=1S/C15H21NO4/c1-3-20-12-9-11(14(12)19-2)16-13(15(17)18)10-7-5-4-6-8-10/h4-8,11-14,16H,3,9H2,1-2H3,(H,17,18). The maximum absolute atomic E-state index is 11.4. The van der Waals surface area contributed by atoms with E-state index in [1.807, 2.05) is 37.3 Å². The predicted molar refractivity (Wildman–Crippen MR) is 74.6 cm³/mol. The molecule has 4 atom stereocenters. The molecule has 1 aliphatic carbocycles. The van der Waals surface area contributed by atoms with Gasteiger partial charge in [-0.1, -0.05) is 30.3 Å². The summed E-state index contributed by atoms with van der Waals surface area (Å²) in [5.74, 6) is -0.883. The summed E-state index contributed by atoms with van der Waals surface area (Å²) in [5.41, 5.74) is 0.745. The molecule has 0 aromatic heterocycles. The lowest BCUT2D eigenvalue weighted by atomic mass is 9.84. The molecular weight excluding hydrogens is 258 g/mol. The van der Waals surface area contributed by atoms with Crippen molar-refractivity contribution in [3.05, 3.63) is 35.9 Å². The first-order valence-corrected chi connectivity index (χ1v) is 6.85. The molecule has 0 aliphatic heterocycles. The van der Waals surface area contributed by atoms with Gasteiger partial charge in [0.1, 0.15) is 6.04 Å². The van der Waals surface area contributed by atoms with Gasteiger partial charge in [-0.3, -0.25) is 10.1 Å². The Morgan fingerprint density at radius 2 is 2.15 bits per heavy atom. The SMILES string of the molecule is CCOC1CC(NC(C(=O)O)c2ccccc2)C1OC. The summed E-state index contributed by atoms with van der Waals surface area (Å²) in [6.07, 6.45) is 0.719. The van der Waals surface area contributed by atoms with E-state index in [0.717, 1.165) is 12.0 Å². The topological polar surface area (TPSA) is 67.8 Å². The van der Waals surface area contributed by atoms with Crippen LogP contribution in [0.5, 0.6) is 0 Å². The number of benzene rings is 1. The van der Waals surface area contributed by atoms with Crippen LogP contribution in [0.3, 0.4) is 0 Å². The van der Waals surface area contributed by atoms with E-state index in [1.54, 1.807) is 7.11 Å². The number of methoxy groups -OCH3 is 1. The van der Waals surface area contributed by atoms with Gasteiger partial charge in [-0.25, -0.2) is 0 Å². The molecule has 1 aromatic carbocycles. The fourth-order valence-electron chi connectivity index (χ4n) is 2.61. The number of aliphatic carboxylic acids is 1. The molecule has 0 amide bonds. The molecule has 5 heteroatoms. The van der Waals surface area contributed by atoms with Crippen molar-refractivity contribution in [2.45, 2.75) is 37.6 Å². The Bertz CT molecular complexity index is 437. The number of nitrogens with one attached hydrogen (secondary N) is 1. The average molecular weight is 279 g/mol. The number of hydrogen-bond donors (Lipinski definition) is 2. The maximum Gasteiger partial charge on any atom is 0.325 e. The molecule has 1 saturated carbocycles. The third kappa shape index (κ3) is 3.17. The van der Waals surface area contributed by atoms with Crippen molar-refractivity contribution < 1.29 is 19.4 Å². The molecular formula is C15H21NO4. The number of rotatable bonds is 7. The molecule has 1 aromatic rings. The largest absolute Gasteiger partial charge is 0.480 e. The van der Waals surface area contributed by atoms with E-state index >= 15 is 0 Å². The summed E-state index contributed by atoms with van der Waals surface area (Å²) in [7, 11) is 1.63. The van der Waals surface area contributed by atoms with E-state index in [2.05, 4.69) is 5.32 Å². The van der Waals surface area contributed by atoms with E-state index in [4.69, 9.17) is 9.47 Å². The Labute approximate surface area is 118 Å². The Balaban J connectivity index is 2.02. The quantitative estimate of drug-likeness (QED) is 0.793. The van der Waals surface area contributed by atoms with Crippen molar-refractivity contribution in [3.8, 4) is 0 Å². The zero-order valence-electron chi connectivity index (χ0n) is 11.8. The molecule has 1 fully saturated rings. The number of carboxylic acid groups (broad SMARTS) is 1. The molecule has 2 N–H and O–H groups in total. The van der Waals surface area contributed by atoms with Crippen molar-refractivity contribution in [1.29, 1.82) is 0 Å². The summed E-state index contributed by atoms with van der Waals surface area (Å²) >= 11 is 0. The van der Waals surface area contributed by atoms with Crippen LogP contribution in [0.15, 0.2) is 30.3 Å². The highest BCUT2D eigenvalue weighted by atomic mass is 16.5. The number of hydrogen-bond acceptors (Lipinski definition) is 4. The van der Waals surface area contributed by atoms with Gasteiger partial charge in [0.15, 0.2) is 0 Å². The monoisotopic (exact) mass is 279 g/mol. The zero-order valence-corrected chi connectivity index (χ0v) is 11.8. The van der Waals surface area contributed by atoms with E-state index in [-0.39, 0.29) is 18.2 Å². The summed E-state index contributed by atoms with van der Waals surface area (Å²) in [6, 6.07) is 8.45. The minimum absolute atomic E-state index is 0.00199. The highest BCUT2D eigenvalue weighted by molar-refractivity contribution is 5.75. The van der Waals surface area contributed by atoms with E-state index in [0.29, 0.717) is 6.61 Å². The van der Waals surface area contributed by atoms with Crippen molar-refractivity contribution in [2.75, 3.05) is 13.7 Å². The molecule has 20 heavy (non-hydrogen) atoms. The lowest BCUT2D eigenvalue weighted by Crippen LogP contribution is -2.61. The van der Waals surface area contributed by atoms with Crippen LogP contribution in [0, 0.1) is 0 Å². The van der Waals surface area contributed by atoms with E-state index < -0.39 is 12.0 Å². The van der Waals surface area contributed by atoms with Gasteiger partial charge in [-0.15, -0.1) is 0 Å². The fraction of sp³-hybridized carbons (Fsp3) is 0.533. The van der Waals surface area contributed by atoms with Crippen molar-refractivity contribution in [1.82, 2.24) is 5.32 Å². The van der Waals surface area contributed by atoms with E-state index in [1.165, 1.54) is 0 Å². The zero-order chi connectivity index (χ0) is 14.5. The Morgan fingerprint density at radius 3 is 2.70 bits per heavy atom. The number of ether oxygens (including phenoxy) is 2. The second-order valence-corrected chi connectivity index (χ2v) is 4.88. The third-order valence-electron chi connectivity index (χ3n) is 3.66. The van der Waals surface area contributed by atoms with Gasteiger partial charge >= 0.3 is 5.97 Å². The lowest BCUT2D eigenvalue weighted by Gasteiger charge is -2.44. The minimum Gasteiger partial charge on any atom is -0.480 e. The minimum atomic E-state index is -0.883. The van der Waals surface area contributed by atoms with Crippen LogP contribution in [0.1, 0.15) is 24.9 Å². The van der Waals surface area contributed by atoms with Crippen LogP contribution < -0.4 is 5.32 Å². The van der Waals surface area contributed by atoms with Gasteiger partial charge in [0.05, 0.1) is 12.2 Å². The van der Waals surface area contributed by atoms with Gasteiger partial charge in [0, 0.05) is 19.8 Å². The first kappa shape index (κ1) is 15.0. The van der Waals surface area contributed by atoms with E-state index in [9.17, 15) is 9.90 Å². The normalized spacial score (nSPS) is 26.8. The Kier molecular flexibility index (Phi) is 5.11. The van der Waals surface area contributed by atoms with Gasteiger partial charge in [0.25, 0.3) is 0 Å². The first-order valence-electron chi connectivity index (χ1n) is 6.85. The van der Waals surface area contributed by atoms with Gasteiger partial charge < -0.3 is 14.6 Å². The highest BCUT2D eigenvalue weighted by Crippen LogP contribution is 2.29. The van der Waals surface area contributed by atoms with Crippen molar-refractivity contribution in [2.24, 2.45) is 0 Å². The molecule has 0 heterocycles. The summed E-state index contributed by atoms with van der Waals surface area (Å²) in [6.45, 7) is 2.58. The van der Waals surface area contributed by atoms with Crippen LogP contribution >= 0.6 is 0 Å². The molecule has 0 bridgehead atoms. The van der Waals surface area contributed by atoms with Crippen LogP contribution in [-0.2, 0) is 14.3 Å². The second kappa shape index (κ2) is 6.83.